The van der Waals surface area contributed by atoms with Crippen LogP contribution in [0.15, 0.2) is 48.7 Å². The molecule has 0 unspecified atom stereocenters. The van der Waals surface area contributed by atoms with Gasteiger partial charge < -0.3 is 10.3 Å². The van der Waals surface area contributed by atoms with Crippen LogP contribution in [0, 0.1) is 5.82 Å². The first-order valence-corrected chi connectivity index (χ1v) is 8.09. The second-order valence-electron chi connectivity index (χ2n) is 5.79. The number of nitrogens with zero attached hydrogens (tertiary/aromatic N) is 3. The van der Waals surface area contributed by atoms with Gasteiger partial charge in [0.2, 0.25) is 5.82 Å². The Balaban J connectivity index is 1.38. The molecule has 4 rings (SSSR count). The molecule has 0 radical (unpaired) electrons. The van der Waals surface area contributed by atoms with Crippen molar-refractivity contribution in [2.75, 3.05) is 6.54 Å². The third-order valence-corrected chi connectivity index (χ3v) is 4.18. The molecule has 8 heteroatoms. The van der Waals surface area contributed by atoms with E-state index in [0.717, 1.165) is 16.5 Å². The molecule has 0 saturated heterocycles. The summed E-state index contributed by atoms with van der Waals surface area (Å²) >= 11 is 0. The van der Waals surface area contributed by atoms with Crippen molar-refractivity contribution < 1.29 is 9.18 Å². The van der Waals surface area contributed by atoms with Gasteiger partial charge in [-0.05, 0) is 35.4 Å². The number of fused-ring (bicyclic) bond motifs is 1. The normalized spacial score (nSPS) is 11.0. The molecule has 0 aliphatic heterocycles. The zero-order valence-electron chi connectivity index (χ0n) is 13.7. The third-order valence-electron chi connectivity index (χ3n) is 4.18. The van der Waals surface area contributed by atoms with E-state index in [0.29, 0.717) is 29.9 Å². The summed E-state index contributed by atoms with van der Waals surface area (Å²) in [5.74, 6) is 0.0266. The van der Waals surface area contributed by atoms with Crippen LogP contribution in [-0.4, -0.2) is 38.1 Å². The Morgan fingerprint density at radius 3 is 2.77 bits per heavy atom. The largest absolute Gasteiger partial charge is 0.359 e. The van der Waals surface area contributed by atoms with Crippen LogP contribution in [0.5, 0.6) is 0 Å². The smallest absolute Gasteiger partial charge is 0.251 e. The van der Waals surface area contributed by atoms with Gasteiger partial charge in [-0.15, -0.1) is 10.2 Å². The number of tetrazole rings is 1. The van der Waals surface area contributed by atoms with Crippen LogP contribution >= 0.6 is 0 Å². The fraction of sp³-hybridized carbons (Fsp3) is 0.111. The van der Waals surface area contributed by atoms with Crippen LogP contribution in [0.25, 0.3) is 22.3 Å². The minimum absolute atomic E-state index is 0.171. The first kappa shape index (κ1) is 15.9. The van der Waals surface area contributed by atoms with E-state index >= 15 is 0 Å². The summed E-state index contributed by atoms with van der Waals surface area (Å²) in [7, 11) is 0. The molecule has 0 aliphatic rings. The number of para-hydroxylation sites is 1. The molecule has 2 aromatic carbocycles. The number of aromatic nitrogens is 5. The highest BCUT2D eigenvalue weighted by Gasteiger charge is 2.10. The van der Waals surface area contributed by atoms with Crippen molar-refractivity contribution in [2.45, 2.75) is 6.42 Å². The van der Waals surface area contributed by atoms with E-state index in [1.807, 2.05) is 6.07 Å². The van der Waals surface area contributed by atoms with E-state index in [1.54, 1.807) is 36.5 Å². The van der Waals surface area contributed by atoms with Gasteiger partial charge >= 0.3 is 0 Å². The van der Waals surface area contributed by atoms with Gasteiger partial charge in [-0.25, -0.2) is 4.39 Å². The number of amides is 1. The maximum Gasteiger partial charge on any atom is 0.251 e. The lowest BCUT2D eigenvalue weighted by Gasteiger charge is -2.05. The fourth-order valence-electron chi connectivity index (χ4n) is 2.85. The molecule has 0 spiro atoms. The summed E-state index contributed by atoms with van der Waals surface area (Å²) in [5.41, 5.74) is 2.77. The van der Waals surface area contributed by atoms with Crippen LogP contribution in [0.3, 0.4) is 0 Å². The maximum absolute atomic E-state index is 13.7. The zero-order valence-corrected chi connectivity index (χ0v) is 13.7. The van der Waals surface area contributed by atoms with Gasteiger partial charge in [0.1, 0.15) is 5.82 Å². The number of H-pyrrole nitrogens is 2. The number of hydrogen-bond donors (Lipinski definition) is 3. The highest BCUT2D eigenvalue weighted by Crippen LogP contribution is 2.21. The molecule has 130 valence electrons. The highest BCUT2D eigenvalue weighted by atomic mass is 19.1. The zero-order chi connectivity index (χ0) is 17.9. The summed E-state index contributed by atoms with van der Waals surface area (Å²) in [6, 6.07) is 11.9. The van der Waals surface area contributed by atoms with Crippen LogP contribution in [0.2, 0.25) is 0 Å². The van der Waals surface area contributed by atoms with Gasteiger partial charge in [0.25, 0.3) is 5.91 Å². The third kappa shape index (κ3) is 3.04. The Hall–Kier alpha value is -3.55. The standard InChI is InChI=1S/C18H15FN6O/c19-15-3-1-2-14-13(10-21-16(14)15)8-9-20-18(26)12-6-4-11(5-7-12)17-22-24-25-23-17/h1-7,10,21H,8-9H2,(H,20,26)(H,22,23,24,25). The summed E-state index contributed by atoms with van der Waals surface area (Å²) in [6.45, 7) is 0.453. The monoisotopic (exact) mass is 350 g/mol. The first-order chi connectivity index (χ1) is 12.7. The maximum atomic E-state index is 13.7. The summed E-state index contributed by atoms with van der Waals surface area (Å²) < 4.78 is 13.7. The van der Waals surface area contributed by atoms with E-state index in [1.165, 1.54) is 6.07 Å². The van der Waals surface area contributed by atoms with Crippen LogP contribution < -0.4 is 5.32 Å². The molecule has 0 atom stereocenters. The van der Waals surface area contributed by atoms with Gasteiger partial charge in [-0.3, -0.25) is 4.79 Å². The van der Waals surface area contributed by atoms with Gasteiger partial charge in [-0.2, -0.15) is 5.21 Å². The lowest BCUT2D eigenvalue weighted by atomic mass is 10.1. The van der Waals surface area contributed by atoms with Crippen molar-refractivity contribution in [1.82, 2.24) is 30.9 Å². The molecule has 7 nitrogen and oxygen atoms in total. The van der Waals surface area contributed by atoms with Gasteiger partial charge in [0.05, 0.1) is 5.52 Å². The fourth-order valence-corrected chi connectivity index (χ4v) is 2.85. The van der Waals surface area contributed by atoms with E-state index in [-0.39, 0.29) is 11.7 Å². The molecular weight excluding hydrogens is 335 g/mol. The van der Waals surface area contributed by atoms with Crippen LogP contribution in [0.1, 0.15) is 15.9 Å². The van der Waals surface area contributed by atoms with Crippen molar-refractivity contribution in [2.24, 2.45) is 0 Å². The lowest BCUT2D eigenvalue weighted by molar-refractivity contribution is 0.0954. The first-order valence-electron chi connectivity index (χ1n) is 8.09. The number of hydrogen-bond acceptors (Lipinski definition) is 4. The average molecular weight is 350 g/mol. The minimum atomic E-state index is -0.278. The second kappa shape index (κ2) is 6.75. The Bertz CT molecular complexity index is 1040. The summed E-state index contributed by atoms with van der Waals surface area (Å²) in [6.07, 6.45) is 2.38. The van der Waals surface area contributed by atoms with Crippen LogP contribution in [-0.2, 0) is 6.42 Å². The van der Waals surface area contributed by atoms with Crippen molar-refractivity contribution >= 4 is 16.8 Å². The summed E-state index contributed by atoms with van der Waals surface area (Å²) in [5, 5.41) is 17.4. The van der Waals surface area contributed by atoms with Gasteiger partial charge in [-0.1, -0.05) is 24.3 Å². The Labute approximate surface area is 147 Å². The molecule has 2 aromatic heterocycles. The highest BCUT2D eigenvalue weighted by molar-refractivity contribution is 5.94. The molecule has 0 aliphatic carbocycles. The van der Waals surface area contributed by atoms with E-state index in [2.05, 4.69) is 30.9 Å². The summed E-state index contributed by atoms with van der Waals surface area (Å²) in [4.78, 5) is 15.2. The lowest BCUT2D eigenvalue weighted by Crippen LogP contribution is -2.25. The molecule has 4 aromatic rings. The SMILES string of the molecule is O=C(NCCc1c[nH]c2c(F)cccc12)c1ccc(-c2nn[nH]n2)cc1. The van der Waals surface area contributed by atoms with Crippen LogP contribution in [0.4, 0.5) is 4.39 Å². The van der Waals surface area contributed by atoms with Crippen molar-refractivity contribution in [3.8, 4) is 11.4 Å². The molecule has 0 bridgehead atoms. The molecule has 1 amide bonds. The molecule has 0 fully saturated rings. The number of benzene rings is 2. The number of nitrogens with one attached hydrogen (secondary N) is 3. The topological polar surface area (TPSA) is 99.4 Å². The Kier molecular flexibility index (Phi) is 4.14. The second-order valence-corrected chi connectivity index (χ2v) is 5.79. The van der Waals surface area contributed by atoms with E-state index in [4.69, 9.17) is 0 Å². The molecule has 0 saturated carbocycles. The number of carbonyl (C=O) groups is 1. The molecule has 3 N–H and O–H groups in total. The molecule has 2 heterocycles. The number of aromatic amines is 2. The van der Waals surface area contributed by atoms with E-state index in [9.17, 15) is 9.18 Å². The molecular formula is C18H15FN6O. The molecule has 26 heavy (non-hydrogen) atoms. The van der Waals surface area contributed by atoms with Crippen molar-refractivity contribution in [1.29, 1.82) is 0 Å². The Morgan fingerprint density at radius 2 is 2.00 bits per heavy atom. The quantitative estimate of drug-likeness (QED) is 0.515. The number of rotatable bonds is 5. The van der Waals surface area contributed by atoms with Gasteiger partial charge in [0.15, 0.2) is 0 Å². The predicted octanol–water partition coefficient (Wildman–Crippen LogP) is 2.46. The number of halogens is 1. The Morgan fingerprint density at radius 1 is 1.15 bits per heavy atom. The van der Waals surface area contributed by atoms with Crippen molar-refractivity contribution in [3.63, 3.8) is 0 Å². The number of carbonyl (C=O) groups excluding carboxylic acids is 1. The van der Waals surface area contributed by atoms with Gasteiger partial charge in [0, 0.05) is 29.3 Å². The predicted molar refractivity (Wildman–Crippen MR) is 93.9 cm³/mol. The average Bonchev–Trinajstić information content (AvgIpc) is 3.33. The minimum Gasteiger partial charge on any atom is -0.359 e. The van der Waals surface area contributed by atoms with Crippen molar-refractivity contribution in [3.05, 3.63) is 65.6 Å². The van der Waals surface area contributed by atoms with E-state index < -0.39 is 0 Å².